The Morgan fingerprint density at radius 3 is 2.56 bits per heavy atom. The molecule has 18 heavy (non-hydrogen) atoms. The van der Waals surface area contributed by atoms with Gasteiger partial charge in [-0.3, -0.25) is 0 Å². The Balaban J connectivity index is 0.000000873. The van der Waals surface area contributed by atoms with Crippen LogP contribution in [-0.4, -0.2) is 22.6 Å². The van der Waals surface area contributed by atoms with Crippen LogP contribution in [0.2, 0.25) is 0 Å². The van der Waals surface area contributed by atoms with Crippen molar-refractivity contribution in [2.45, 2.75) is 0 Å². The van der Waals surface area contributed by atoms with E-state index in [1.54, 1.807) is 12.3 Å². The van der Waals surface area contributed by atoms with Gasteiger partial charge >= 0.3 is 33.3 Å². The van der Waals surface area contributed by atoms with E-state index < -0.39 is 0 Å². The van der Waals surface area contributed by atoms with Crippen molar-refractivity contribution in [3.05, 3.63) is 23.5 Å². The molecule has 5 nitrogen and oxygen atoms in total. The Kier molecular flexibility index (Phi) is 12.4. The van der Waals surface area contributed by atoms with E-state index in [2.05, 4.69) is 37.0 Å². The zero-order valence-corrected chi connectivity index (χ0v) is 12.8. The number of hydrogen-bond acceptors (Lipinski definition) is 6. The van der Waals surface area contributed by atoms with Crippen LogP contribution in [0.1, 0.15) is 11.4 Å². The molecule has 1 aromatic heterocycles. The van der Waals surface area contributed by atoms with E-state index in [1.807, 2.05) is 11.5 Å². The summed E-state index contributed by atoms with van der Waals surface area (Å²) in [5.41, 5.74) is 1.55. The molecule has 1 N–H and O–H groups in total. The summed E-state index contributed by atoms with van der Waals surface area (Å²) in [6.45, 7) is 0. The van der Waals surface area contributed by atoms with Crippen molar-refractivity contribution < 1.29 is 13.1 Å². The van der Waals surface area contributed by atoms with Crippen LogP contribution in [0.3, 0.4) is 0 Å². The zero-order valence-electron chi connectivity index (χ0n) is 8.52. The summed E-state index contributed by atoms with van der Waals surface area (Å²) in [6, 6.07) is 3.62. The van der Waals surface area contributed by atoms with Crippen LogP contribution in [0.5, 0.6) is 0 Å². The fourth-order valence-electron chi connectivity index (χ4n) is 0.802. The number of isothiocyanates is 1. The third kappa shape index (κ3) is 9.40. The van der Waals surface area contributed by atoms with Crippen molar-refractivity contribution in [3.63, 3.8) is 0 Å². The van der Waals surface area contributed by atoms with E-state index >= 15 is 0 Å². The van der Waals surface area contributed by atoms with Gasteiger partial charge in [-0.25, -0.2) is 4.40 Å². The molecule has 0 atom stereocenters. The van der Waals surface area contributed by atoms with Gasteiger partial charge in [-0.1, -0.05) is 5.10 Å². The van der Waals surface area contributed by atoms with E-state index in [0.717, 1.165) is 23.3 Å². The van der Waals surface area contributed by atoms with Gasteiger partial charge in [0.1, 0.15) is 0 Å². The first kappa shape index (κ1) is 17.4. The molecule has 0 radical (unpaired) electrons. The first-order chi connectivity index (χ1) is 8.78. The van der Waals surface area contributed by atoms with Crippen molar-refractivity contribution in [1.82, 2.24) is 4.98 Å². The van der Waals surface area contributed by atoms with Gasteiger partial charge in [-0.15, -0.1) is 5.10 Å². The predicted molar refractivity (Wildman–Crippen MR) is 75.9 cm³/mol. The Morgan fingerprint density at radius 1 is 1.39 bits per heavy atom. The molecule has 0 saturated heterocycles. The Labute approximate surface area is 128 Å². The number of nitrogens with zero attached hydrogens (tertiary/aromatic N) is 4. The Bertz CT molecular complexity index is 490. The number of thiocyanates is 1. The third-order valence-corrected chi connectivity index (χ3v) is 1.69. The summed E-state index contributed by atoms with van der Waals surface area (Å²) < 4.78 is 3.77. The molecule has 0 fully saturated rings. The number of nitrogens with one attached hydrogen (secondary N) is 1. The van der Waals surface area contributed by atoms with E-state index in [9.17, 15) is 0 Å². The predicted octanol–water partition coefficient (Wildman–Crippen LogP) is 3.38. The molecule has 10 heteroatoms. The molecule has 0 aromatic carbocycles. The Morgan fingerprint density at radius 2 is 2.00 bits per heavy atom. The average Bonchev–Trinajstić information content (AvgIpc) is 2.79. The summed E-state index contributed by atoms with van der Waals surface area (Å²) in [4.78, 5) is 2.99. The number of halogens is 2. The average molecular weight is 362 g/mol. The van der Waals surface area contributed by atoms with Crippen molar-refractivity contribution in [3.8, 4) is 5.40 Å². The molecule has 0 unspecified atom stereocenters. The van der Waals surface area contributed by atoms with Gasteiger partial charge in [-0.2, -0.15) is 5.26 Å². The fourth-order valence-corrected chi connectivity index (χ4v) is 1.06. The molecule has 0 aliphatic carbocycles. The molecule has 1 rings (SSSR count). The number of aromatic nitrogens is 1. The minimum atomic E-state index is 0.194. The molecule has 96 valence electrons. The second-order valence-electron chi connectivity index (χ2n) is 2.27. The molecule has 0 saturated carbocycles. The number of aromatic amines is 1. The van der Waals surface area contributed by atoms with Crippen LogP contribution in [-0.2, 0) is 13.1 Å². The van der Waals surface area contributed by atoms with E-state index in [1.165, 1.54) is 6.21 Å². The molecule has 0 bridgehead atoms. The summed E-state index contributed by atoms with van der Waals surface area (Å²) in [7, 11) is 9.53. The van der Waals surface area contributed by atoms with Gasteiger partial charge in [0.05, 0.1) is 40.9 Å². The van der Waals surface area contributed by atoms with Crippen LogP contribution >= 0.6 is 44.4 Å². The second-order valence-corrected chi connectivity index (χ2v) is 4.85. The fraction of sp³-hybridized carbons (Fsp3) is 0. The van der Waals surface area contributed by atoms with Gasteiger partial charge in [0, 0.05) is 0 Å². The van der Waals surface area contributed by atoms with E-state index in [0.29, 0.717) is 0 Å². The number of nitriles is 1. The van der Waals surface area contributed by atoms with Gasteiger partial charge in [0.25, 0.3) is 0 Å². The monoisotopic (exact) mass is 361 g/mol. The van der Waals surface area contributed by atoms with Crippen molar-refractivity contribution in [2.24, 2.45) is 14.6 Å². The number of rotatable bonds is 4. The number of hydrogen-bond donors (Lipinski definition) is 1. The third-order valence-electron chi connectivity index (χ3n) is 1.31. The molecule has 0 amide bonds. The van der Waals surface area contributed by atoms with Crippen molar-refractivity contribution >= 4 is 62.0 Å². The maximum atomic E-state index is 8.23. The normalized spacial score (nSPS) is 9.83. The van der Waals surface area contributed by atoms with Crippen molar-refractivity contribution in [1.29, 1.82) is 5.26 Å². The van der Waals surface area contributed by atoms with Crippen LogP contribution in [0, 0.1) is 10.7 Å². The standard InChI is InChI=1S/C8H5N5S2.2ClH.Fe/c9-5-15-12-4-8-2-1-7(13-8)3-10-11-6-14;;;/h1-4,13H;2*1H;/q;;;+2/p-2/b10-3+,12-4+;;;. The van der Waals surface area contributed by atoms with E-state index in [4.69, 9.17) is 25.5 Å². The number of thiocarbonyl (C=S) groups is 1. The molecular formula is C8H5Cl2FeN5S2. The molecule has 1 heterocycles. The van der Waals surface area contributed by atoms with Crippen LogP contribution in [0.25, 0.3) is 0 Å². The van der Waals surface area contributed by atoms with Crippen LogP contribution in [0.4, 0.5) is 0 Å². The number of H-pyrrole nitrogens is 1. The maximum absolute atomic E-state index is 8.23. The summed E-state index contributed by atoms with van der Waals surface area (Å²) in [5.74, 6) is 0. The van der Waals surface area contributed by atoms with Crippen LogP contribution < -0.4 is 0 Å². The second kappa shape index (κ2) is 12.8. The molecule has 0 aliphatic heterocycles. The first-order valence-corrected chi connectivity index (χ1v) is 8.23. The van der Waals surface area contributed by atoms with Crippen molar-refractivity contribution in [2.75, 3.05) is 0 Å². The SMILES string of the molecule is N#CS/N=C/c1ccc(/C=N/N=C=S)[nH]1.[Cl][Fe][Cl]. The summed E-state index contributed by atoms with van der Waals surface area (Å²) in [5, 5.41) is 19.2. The van der Waals surface area contributed by atoms with Crippen LogP contribution in [0.15, 0.2) is 26.7 Å². The molecular weight excluding hydrogens is 357 g/mol. The Hall–Kier alpha value is -0.641. The quantitative estimate of drug-likeness (QED) is 0.223. The molecule has 0 spiro atoms. The van der Waals surface area contributed by atoms with Gasteiger partial charge < -0.3 is 4.98 Å². The van der Waals surface area contributed by atoms with Gasteiger partial charge in [0.2, 0.25) is 0 Å². The van der Waals surface area contributed by atoms with E-state index in [-0.39, 0.29) is 13.1 Å². The topological polar surface area (TPSA) is 76.7 Å². The minimum absolute atomic E-state index is 0.194. The van der Waals surface area contributed by atoms with Gasteiger partial charge in [0.15, 0.2) is 5.40 Å². The summed E-state index contributed by atoms with van der Waals surface area (Å²) in [6.07, 6.45) is 3.06. The first-order valence-electron chi connectivity index (χ1n) is 4.01. The van der Waals surface area contributed by atoms with Gasteiger partial charge in [-0.05, 0) is 24.4 Å². The summed E-state index contributed by atoms with van der Waals surface area (Å²) >= 11 is 5.36. The molecule has 1 aromatic rings. The zero-order chi connectivity index (χ0) is 13.6. The molecule has 0 aliphatic rings.